The fraction of sp³-hybridized carbons (Fsp3) is 0.0909. The molecule has 106 valence electrons. The highest BCUT2D eigenvalue weighted by Gasteiger charge is 2.21. The normalized spacial score (nSPS) is 11.3. The smallest absolute Gasteiger partial charge is 0.335 e. The molecule has 6 nitrogen and oxygen atoms in total. The van der Waals surface area contributed by atoms with E-state index in [2.05, 4.69) is 9.71 Å². The second kappa shape index (κ2) is 5.39. The van der Waals surface area contributed by atoms with Gasteiger partial charge in [0.2, 0.25) is 0 Å². The number of rotatable bonds is 4. The summed E-state index contributed by atoms with van der Waals surface area (Å²) in [4.78, 5) is 14.6. The highest BCUT2D eigenvalue weighted by molar-refractivity contribution is 7.93. The Kier molecular flexibility index (Phi) is 3.98. The third kappa shape index (κ3) is 3.09. The molecule has 1 heterocycles. The van der Waals surface area contributed by atoms with Crippen LogP contribution >= 0.6 is 22.9 Å². The second-order valence-corrected chi connectivity index (χ2v) is 6.77. The van der Waals surface area contributed by atoms with Crippen molar-refractivity contribution in [3.05, 3.63) is 39.9 Å². The fourth-order valence-corrected chi connectivity index (χ4v) is 3.88. The van der Waals surface area contributed by atoms with Crippen molar-refractivity contribution in [3.8, 4) is 0 Å². The molecule has 0 spiro atoms. The third-order valence-electron chi connectivity index (χ3n) is 2.31. The van der Waals surface area contributed by atoms with Gasteiger partial charge in [0, 0.05) is 5.38 Å². The van der Waals surface area contributed by atoms with E-state index in [0.717, 1.165) is 17.4 Å². The summed E-state index contributed by atoms with van der Waals surface area (Å²) in [6, 6.07) is 3.47. The lowest BCUT2D eigenvalue weighted by Gasteiger charge is -2.07. The van der Waals surface area contributed by atoms with Crippen LogP contribution in [0.5, 0.6) is 0 Å². The number of nitrogens with one attached hydrogen (secondary N) is 1. The molecule has 0 saturated carbocycles. The van der Waals surface area contributed by atoms with Gasteiger partial charge in [-0.05, 0) is 25.1 Å². The highest BCUT2D eigenvalue weighted by atomic mass is 35.5. The number of aromatic nitrogens is 1. The molecule has 20 heavy (non-hydrogen) atoms. The number of aromatic carboxylic acids is 1. The van der Waals surface area contributed by atoms with Crippen LogP contribution in [0.25, 0.3) is 0 Å². The summed E-state index contributed by atoms with van der Waals surface area (Å²) in [5, 5.41) is 10.7. The van der Waals surface area contributed by atoms with E-state index in [-0.39, 0.29) is 20.6 Å². The van der Waals surface area contributed by atoms with Gasteiger partial charge in [-0.15, -0.1) is 11.3 Å². The van der Waals surface area contributed by atoms with Crippen LogP contribution in [0.4, 0.5) is 5.13 Å². The molecular weight excluding hydrogens is 324 g/mol. The minimum Gasteiger partial charge on any atom is -0.478 e. The lowest BCUT2D eigenvalue weighted by Crippen LogP contribution is -2.14. The van der Waals surface area contributed by atoms with Crippen molar-refractivity contribution in [2.75, 3.05) is 4.72 Å². The molecule has 0 aliphatic carbocycles. The maximum atomic E-state index is 12.2. The predicted octanol–water partition coefficient (Wildman–Crippen LogP) is 2.60. The van der Waals surface area contributed by atoms with Crippen molar-refractivity contribution in [2.45, 2.75) is 11.8 Å². The Labute approximate surface area is 124 Å². The zero-order valence-electron chi connectivity index (χ0n) is 10.1. The Morgan fingerprint density at radius 1 is 1.45 bits per heavy atom. The molecule has 0 aliphatic rings. The number of anilines is 1. The van der Waals surface area contributed by atoms with Gasteiger partial charge < -0.3 is 5.11 Å². The quantitative estimate of drug-likeness (QED) is 0.897. The number of nitrogens with zero attached hydrogens (tertiary/aromatic N) is 1. The number of carboxylic acids is 1. The lowest BCUT2D eigenvalue weighted by atomic mass is 10.2. The average Bonchev–Trinajstić information content (AvgIpc) is 2.73. The molecule has 2 rings (SSSR count). The van der Waals surface area contributed by atoms with Crippen molar-refractivity contribution in [1.82, 2.24) is 4.98 Å². The van der Waals surface area contributed by atoms with Crippen molar-refractivity contribution in [1.29, 1.82) is 0 Å². The molecular formula is C11H9ClN2O4S2. The summed E-state index contributed by atoms with van der Waals surface area (Å²) in [6.45, 7) is 1.73. The maximum Gasteiger partial charge on any atom is 0.335 e. The number of hydrogen-bond acceptors (Lipinski definition) is 5. The van der Waals surface area contributed by atoms with Crippen LogP contribution in [0, 0.1) is 6.92 Å². The maximum absolute atomic E-state index is 12.2. The van der Waals surface area contributed by atoms with E-state index in [9.17, 15) is 13.2 Å². The highest BCUT2D eigenvalue weighted by Crippen LogP contribution is 2.26. The van der Waals surface area contributed by atoms with E-state index in [1.807, 2.05) is 0 Å². The van der Waals surface area contributed by atoms with Crippen LogP contribution < -0.4 is 4.72 Å². The molecule has 0 saturated heterocycles. The summed E-state index contributed by atoms with van der Waals surface area (Å²) in [5.41, 5.74) is 0.517. The van der Waals surface area contributed by atoms with Gasteiger partial charge in [-0.25, -0.2) is 18.2 Å². The summed E-state index contributed by atoms with van der Waals surface area (Å²) >= 11 is 6.95. The number of hydrogen-bond donors (Lipinski definition) is 2. The van der Waals surface area contributed by atoms with E-state index in [0.29, 0.717) is 5.69 Å². The first-order valence-corrected chi connectivity index (χ1v) is 8.01. The minimum atomic E-state index is -3.98. The van der Waals surface area contributed by atoms with Gasteiger partial charge in [-0.1, -0.05) is 11.6 Å². The molecule has 0 unspecified atom stereocenters. The van der Waals surface area contributed by atoms with Crippen LogP contribution in [0.3, 0.4) is 0 Å². The number of aryl methyl sites for hydroxylation is 1. The molecule has 0 fully saturated rings. The summed E-state index contributed by atoms with van der Waals surface area (Å²) in [5.74, 6) is -1.23. The van der Waals surface area contributed by atoms with Crippen LogP contribution in [0.1, 0.15) is 16.1 Å². The molecule has 0 bridgehead atoms. The average molecular weight is 333 g/mol. The van der Waals surface area contributed by atoms with Gasteiger partial charge in [-0.3, -0.25) is 4.72 Å². The molecule has 0 atom stereocenters. The van der Waals surface area contributed by atoms with Gasteiger partial charge in [0.1, 0.15) is 4.90 Å². The van der Waals surface area contributed by atoms with Gasteiger partial charge in [0.15, 0.2) is 5.13 Å². The Bertz CT molecular complexity index is 770. The summed E-state index contributed by atoms with van der Waals surface area (Å²) in [6.07, 6.45) is 0. The zero-order chi connectivity index (χ0) is 14.9. The first-order chi connectivity index (χ1) is 9.29. The van der Waals surface area contributed by atoms with Crippen LogP contribution in [-0.4, -0.2) is 24.5 Å². The Morgan fingerprint density at radius 2 is 2.15 bits per heavy atom. The van der Waals surface area contributed by atoms with E-state index >= 15 is 0 Å². The molecule has 0 aliphatic heterocycles. The molecule has 1 aromatic heterocycles. The van der Waals surface area contributed by atoms with E-state index in [1.54, 1.807) is 12.3 Å². The number of carbonyl (C=O) groups is 1. The number of halogens is 1. The standard InChI is InChI=1S/C11H9ClN2O4S2/c1-6-5-19-11(13-6)14-20(17,18)9-4-7(10(15)16)2-3-8(9)12/h2-5H,1H3,(H,13,14)(H,15,16). The summed E-state index contributed by atoms with van der Waals surface area (Å²) < 4.78 is 26.6. The monoisotopic (exact) mass is 332 g/mol. The van der Waals surface area contributed by atoms with Gasteiger partial charge in [-0.2, -0.15) is 0 Å². The molecule has 2 aromatic rings. The number of carboxylic acid groups (broad SMARTS) is 1. The van der Waals surface area contributed by atoms with Crippen molar-refractivity contribution in [2.24, 2.45) is 0 Å². The Hall–Kier alpha value is -1.64. The van der Waals surface area contributed by atoms with Gasteiger partial charge in [0.25, 0.3) is 10.0 Å². The molecule has 1 aromatic carbocycles. The lowest BCUT2D eigenvalue weighted by molar-refractivity contribution is 0.0696. The largest absolute Gasteiger partial charge is 0.478 e. The zero-order valence-corrected chi connectivity index (χ0v) is 12.5. The summed E-state index contributed by atoms with van der Waals surface area (Å²) in [7, 11) is -3.98. The van der Waals surface area contributed by atoms with Crippen LogP contribution in [0.15, 0.2) is 28.5 Å². The van der Waals surface area contributed by atoms with Crippen LogP contribution in [0.2, 0.25) is 5.02 Å². The van der Waals surface area contributed by atoms with E-state index in [4.69, 9.17) is 16.7 Å². The van der Waals surface area contributed by atoms with Gasteiger partial charge >= 0.3 is 5.97 Å². The number of thiazole rings is 1. The molecule has 9 heteroatoms. The van der Waals surface area contributed by atoms with Crippen LogP contribution in [-0.2, 0) is 10.0 Å². The molecule has 0 radical (unpaired) electrons. The van der Waals surface area contributed by atoms with Gasteiger partial charge in [0.05, 0.1) is 16.3 Å². The second-order valence-electron chi connectivity index (χ2n) is 3.85. The van der Waals surface area contributed by atoms with Crippen molar-refractivity contribution in [3.63, 3.8) is 0 Å². The third-order valence-corrected chi connectivity index (χ3v) is 5.13. The number of benzene rings is 1. The fourth-order valence-electron chi connectivity index (χ4n) is 1.41. The Morgan fingerprint density at radius 3 is 2.70 bits per heavy atom. The Balaban J connectivity index is 2.43. The molecule has 0 amide bonds. The first kappa shape index (κ1) is 14.8. The predicted molar refractivity (Wildman–Crippen MR) is 76.1 cm³/mol. The topological polar surface area (TPSA) is 96.4 Å². The van der Waals surface area contributed by atoms with Crippen molar-refractivity contribution >= 4 is 44.1 Å². The SMILES string of the molecule is Cc1csc(NS(=O)(=O)c2cc(C(=O)O)ccc2Cl)n1. The van der Waals surface area contributed by atoms with Crippen molar-refractivity contribution < 1.29 is 18.3 Å². The first-order valence-electron chi connectivity index (χ1n) is 5.27. The van der Waals surface area contributed by atoms with E-state index < -0.39 is 16.0 Å². The van der Waals surface area contributed by atoms with E-state index in [1.165, 1.54) is 12.1 Å². The number of sulfonamides is 1. The minimum absolute atomic E-state index is 0.0595. The molecule has 2 N–H and O–H groups in total.